The first-order chi connectivity index (χ1) is 10.5. The standard InChI is InChI=1S/C16H21NO5/c1-16(15(19)22-4)9-11(14(18)21-3)13(17-16)10-7-5-6-8-12(10)20-2/h5-8,11,13,17H,9H2,1-4H3/t11-,13?,16+/m0/s1. The topological polar surface area (TPSA) is 73.9 Å². The van der Waals surface area contributed by atoms with E-state index in [1.165, 1.54) is 14.2 Å². The average molecular weight is 307 g/mol. The summed E-state index contributed by atoms with van der Waals surface area (Å²) in [6.07, 6.45) is 0.301. The zero-order valence-corrected chi connectivity index (χ0v) is 13.2. The Labute approximate surface area is 129 Å². The number of hydrogen-bond donors (Lipinski definition) is 1. The van der Waals surface area contributed by atoms with E-state index in [4.69, 9.17) is 14.2 Å². The minimum absolute atomic E-state index is 0.301. The molecule has 1 aromatic rings. The van der Waals surface area contributed by atoms with Crippen LogP contribution < -0.4 is 10.1 Å². The van der Waals surface area contributed by atoms with Gasteiger partial charge in [0.05, 0.1) is 33.3 Å². The number of benzene rings is 1. The molecule has 1 aliphatic rings. The van der Waals surface area contributed by atoms with E-state index in [2.05, 4.69) is 5.32 Å². The highest BCUT2D eigenvalue weighted by Gasteiger charge is 2.51. The van der Waals surface area contributed by atoms with Gasteiger partial charge in [0.1, 0.15) is 11.3 Å². The van der Waals surface area contributed by atoms with Crippen LogP contribution in [0.25, 0.3) is 0 Å². The normalized spacial score (nSPS) is 27.3. The van der Waals surface area contributed by atoms with E-state index in [1.807, 2.05) is 24.3 Å². The molecule has 6 heteroatoms. The summed E-state index contributed by atoms with van der Waals surface area (Å²) in [5.74, 6) is -0.608. The maximum atomic E-state index is 12.1. The van der Waals surface area contributed by atoms with Crippen molar-refractivity contribution in [2.24, 2.45) is 5.92 Å². The van der Waals surface area contributed by atoms with Gasteiger partial charge in [-0.25, -0.2) is 0 Å². The summed E-state index contributed by atoms with van der Waals surface area (Å²) in [6.45, 7) is 1.73. The van der Waals surface area contributed by atoms with E-state index in [0.29, 0.717) is 12.2 Å². The number of carbonyl (C=O) groups is 2. The molecule has 1 saturated heterocycles. The molecule has 1 heterocycles. The Morgan fingerprint density at radius 1 is 1.18 bits per heavy atom. The Morgan fingerprint density at radius 2 is 1.86 bits per heavy atom. The Bertz CT molecular complexity index is 573. The van der Waals surface area contributed by atoms with E-state index >= 15 is 0 Å². The Kier molecular flexibility index (Phi) is 4.71. The third kappa shape index (κ3) is 2.78. The first-order valence-electron chi connectivity index (χ1n) is 7.03. The van der Waals surface area contributed by atoms with Gasteiger partial charge in [0.2, 0.25) is 0 Å². The summed E-state index contributed by atoms with van der Waals surface area (Å²) in [5, 5.41) is 3.22. The van der Waals surface area contributed by atoms with Gasteiger partial charge in [-0.05, 0) is 19.4 Å². The smallest absolute Gasteiger partial charge is 0.325 e. The molecule has 120 valence electrons. The molecule has 0 spiro atoms. The van der Waals surface area contributed by atoms with Crippen LogP contribution >= 0.6 is 0 Å². The molecular weight excluding hydrogens is 286 g/mol. The average Bonchev–Trinajstić information content (AvgIpc) is 2.92. The minimum atomic E-state index is -0.945. The number of nitrogens with one attached hydrogen (secondary N) is 1. The van der Waals surface area contributed by atoms with Gasteiger partial charge in [-0.15, -0.1) is 0 Å². The van der Waals surface area contributed by atoms with Crippen molar-refractivity contribution in [1.82, 2.24) is 5.32 Å². The van der Waals surface area contributed by atoms with Gasteiger partial charge in [0, 0.05) is 5.56 Å². The predicted molar refractivity (Wildman–Crippen MR) is 79.4 cm³/mol. The van der Waals surface area contributed by atoms with Crippen LogP contribution in [-0.4, -0.2) is 38.8 Å². The summed E-state index contributed by atoms with van der Waals surface area (Å²) in [6, 6.07) is 7.02. The SMILES string of the molecule is COC(=O)[C@H]1C[C@](C)(C(=O)OC)NC1c1ccccc1OC. The summed E-state index contributed by atoms with van der Waals surface area (Å²) in [5.41, 5.74) is -0.132. The first-order valence-corrected chi connectivity index (χ1v) is 7.03. The summed E-state index contributed by atoms with van der Waals surface area (Å²) < 4.78 is 15.1. The van der Waals surface area contributed by atoms with E-state index in [0.717, 1.165) is 5.56 Å². The third-order valence-electron chi connectivity index (χ3n) is 4.12. The zero-order valence-electron chi connectivity index (χ0n) is 13.2. The van der Waals surface area contributed by atoms with Crippen molar-refractivity contribution in [2.75, 3.05) is 21.3 Å². The fraction of sp³-hybridized carbons (Fsp3) is 0.500. The summed E-state index contributed by atoms with van der Waals surface area (Å²) in [7, 11) is 4.24. The van der Waals surface area contributed by atoms with Crippen molar-refractivity contribution < 1.29 is 23.8 Å². The van der Waals surface area contributed by atoms with Crippen molar-refractivity contribution in [2.45, 2.75) is 24.9 Å². The minimum Gasteiger partial charge on any atom is -0.496 e. The molecule has 1 N–H and O–H groups in total. The molecule has 6 nitrogen and oxygen atoms in total. The molecular formula is C16H21NO5. The van der Waals surface area contributed by atoms with E-state index in [9.17, 15) is 9.59 Å². The number of rotatable bonds is 4. The Hall–Kier alpha value is -2.08. The number of carbonyl (C=O) groups excluding carboxylic acids is 2. The molecule has 3 atom stereocenters. The number of ether oxygens (including phenoxy) is 3. The van der Waals surface area contributed by atoms with Gasteiger partial charge < -0.3 is 14.2 Å². The molecule has 1 fully saturated rings. The van der Waals surface area contributed by atoms with Gasteiger partial charge in [-0.3, -0.25) is 14.9 Å². The summed E-state index contributed by atoms with van der Waals surface area (Å²) in [4.78, 5) is 24.2. The van der Waals surface area contributed by atoms with Crippen molar-refractivity contribution in [3.05, 3.63) is 29.8 Å². The molecule has 1 aromatic carbocycles. The van der Waals surface area contributed by atoms with Crippen molar-refractivity contribution in [3.63, 3.8) is 0 Å². The molecule has 0 radical (unpaired) electrons. The largest absolute Gasteiger partial charge is 0.496 e. The summed E-state index contributed by atoms with van der Waals surface area (Å²) >= 11 is 0. The molecule has 0 aliphatic carbocycles. The molecule has 0 saturated carbocycles. The van der Waals surface area contributed by atoms with Crippen LogP contribution in [0.15, 0.2) is 24.3 Å². The second-order valence-corrected chi connectivity index (χ2v) is 5.52. The molecule has 0 amide bonds. The third-order valence-corrected chi connectivity index (χ3v) is 4.12. The van der Waals surface area contributed by atoms with Gasteiger partial charge in [-0.2, -0.15) is 0 Å². The molecule has 2 rings (SSSR count). The van der Waals surface area contributed by atoms with Crippen LogP contribution in [0.1, 0.15) is 24.9 Å². The molecule has 22 heavy (non-hydrogen) atoms. The Balaban J connectivity index is 2.42. The number of methoxy groups -OCH3 is 3. The molecule has 1 unspecified atom stereocenters. The number of para-hydroxylation sites is 1. The number of hydrogen-bond acceptors (Lipinski definition) is 6. The highest BCUT2D eigenvalue weighted by Crippen LogP contribution is 2.42. The van der Waals surface area contributed by atoms with E-state index in [-0.39, 0.29) is 12.0 Å². The van der Waals surface area contributed by atoms with Crippen molar-refractivity contribution in [3.8, 4) is 5.75 Å². The highest BCUT2D eigenvalue weighted by atomic mass is 16.5. The lowest BCUT2D eigenvalue weighted by molar-refractivity contribution is -0.148. The van der Waals surface area contributed by atoms with Crippen LogP contribution in [0.4, 0.5) is 0 Å². The maximum Gasteiger partial charge on any atom is 0.325 e. The van der Waals surface area contributed by atoms with Crippen LogP contribution in [0.3, 0.4) is 0 Å². The van der Waals surface area contributed by atoms with Gasteiger partial charge in [-0.1, -0.05) is 18.2 Å². The van der Waals surface area contributed by atoms with Crippen LogP contribution in [0.5, 0.6) is 5.75 Å². The predicted octanol–water partition coefficient (Wildman–Crippen LogP) is 1.45. The van der Waals surface area contributed by atoms with E-state index in [1.54, 1.807) is 14.0 Å². The highest BCUT2D eigenvalue weighted by molar-refractivity contribution is 5.84. The number of esters is 2. The van der Waals surface area contributed by atoms with Crippen LogP contribution in [0, 0.1) is 5.92 Å². The van der Waals surface area contributed by atoms with Crippen LogP contribution in [0.2, 0.25) is 0 Å². The second kappa shape index (κ2) is 6.36. The van der Waals surface area contributed by atoms with Gasteiger partial charge >= 0.3 is 11.9 Å². The lowest BCUT2D eigenvalue weighted by atomic mass is 9.90. The van der Waals surface area contributed by atoms with E-state index < -0.39 is 17.4 Å². The van der Waals surface area contributed by atoms with Gasteiger partial charge in [0.15, 0.2) is 0 Å². The van der Waals surface area contributed by atoms with Gasteiger partial charge in [0.25, 0.3) is 0 Å². The monoisotopic (exact) mass is 307 g/mol. The fourth-order valence-electron chi connectivity index (χ4n) is 3.02. The lowest BCUT2D eigenvalue weighted by Gasteiger charge is -2.23. The quantitative estimate of drug-likeness (QED) is 0.849. The molecule has 0 aromatic heterocycles. The van der Waals surface area contributed by atoms with Crippen LogP contribution in [-0.2, 0) is 19.1 Å². The first kappa shape index (κ1) is 16.3. The Morgan fingerprint density at radius 3 is 2.45 bits per heavy atom. The van der Waals surface area contributed by atoms with Crippen molar-refractivity contribution >= 4 is 11.9 Å². The second-order valence-electron chi connectivity index (χ2n) is 5.52. The van der Waals surface area contributed by atoms with Crippen molar-refractivity contribution in [1.29, 1.82) is 0 Å². The maximum absolute atomic E-state index is 12.1. The fourth-order valence-corrected chi connectivity index (χ4v) is 3.02. The lowest BCUT2D eigenvalue weighted by Crippen LogP contribution is -2.46. The zero-order chi connectivity index (χ0) is 16.3. The molecule has 0 bridgehead atoms. The molecule has 1 aliphatic heterocycles.